The Kier molecular flexibility index (Phi) is 5.58. The van der Waals surface area contributed by atoms with Gasteiger partial charge in [-0.05, 0) is 68.8 Å². The summed E-state index contributed by atoms with van der Waals surface area (Å²) in [6.07, 6.45) is 1.85. The first-order chi connectivity index (χ1) is 12.5. The summed E-state index contributed by atoms with van der Waals surface area (Å²) in [5.74, 6) is 2.02. The quantitative estimate of drug-likeness (QED) is 0.583. The number of halogens is 1. The van der Waals surface area contributed by atoms with Gasteiger partial charge in [0.05, 0.1) is 6.10 Å². The average Bonchev–Trinajstić information content (AvgIpc) is 2.60. The van der Waals surface area contributed by atoms with Crippen LogP contribution in [-0.4, -0.2) is 16.1 Å². The van der Waals surface area contributed by atoms with Gasteiger partial charge in [0.1, 0.15) is 11.6 Å². The highest BCUT2D eigenvalue weighted by molar-refractivity contribution is 6.31. The second-order valence-electron chi connectivity index (χ2n) is 6.17. The van der Waals surface area contributed by atoms with E-state index < -0.39 is 0 Å². The van der Waals surface area contributed by atoms with Crippen LogP contribution in [-0.2, 0) is 0 Å². The van der Waals surface area contributed by atoms with E-state index in [0.717, 1.165) is 22.7 Å². The van der Waals surface area contributed by atoms with Gasteiger partial charge in [-0.1, -0.05) is 17.7 Å². The van der Waals surface area contributed by atoms with Crippen molar-refractivity contribution in [2.24, 2.45) is 0 Å². The van der Waals surface area contributed by atoms with Gasteiger partial charge in [0, 0.05) is 22.6 Å². The van der Waals surface area contributed by atoms with Crippen molar-refractivity contribution in [3.8, 4) is 5.75 Å². The Morgan fingerprint density at radius 1 is 0.962 bits per heavy atom. The molecule has 3 aromatic rings. The first kappa shape index (κ1) is 18.0. The summed E-state index contributed by atoms with van der Waals surface area (Å²) in [4.78, 5) is 8.74. The molecule has 134 valence electrons. The summed E-state index contributed by atoms with van der Waals surface area (Å²) in [7, 11) is 0. The van der Waals surface area contributed by atoms with Crippen LogP contribution >= 0.6 is 11.6 Å². The summed E-state index contributed by atoms with van der Waals surface area (Å²) in [5, 5.41) is 7.13. The van der Waals surface area contributed by atoms with Gasteiger partial charge in [-0.3, -0.25) is 0 Å². The molecule has 0 amide bonds. The monoisotopic (exact) mass is 368 g/mol. The number of hydrogen-bond acceptors (Lipinski definition) is 5. The topological polar surface area (TPSA) is 59.1 Å². The van der Waals surface area contributed by atoms with Crippen LogP contribution in [0.2, 0.25) is 5.02 Å². The molecular formula is C20H21ClN4O. The Morgan fingerprint density at radius 2 is 1.69 bits per heavy atom. The molecule has 0 atom stereocenters. The third-order valence-electron chi connectivity index (χ3n) is 3.58. The van der Waals surface area contributed by atoms with Crippen LogP contribution in [0.15, 0.2) is 54.7 Å². The maximum Gasteiger partial charge on any atom is 0.229 e. The third-order valence-corrected chi connectivity index (χ3v) is 3.99. The normalized spacial score (nSPS) is 10.7. The average molecular weight is 369 g/mol. The van der Waals surface area contributed by atoms with Crippen molar-refractivity contribution in [2.75, 3.05) is 10.6 Å². The fraction of sp³-hybridized carbons (Fsp3) is 0.200. The summed E-state index contributed by atoms with van der Waals surface area (Å²) < 4.78 is 5.64. The summed E-state index contributed by atoms with van der Waals surface area (Å²) >= 11 is 6.17. The van der Waals surface area contributed by atoms with Crippen molar-refractivity contribution in [3.63, 3.8) is 0 Å². The Balaban J connectivity index is 1.69. The highest BCUT2D eigenvalue weighted by Gasteiger charge is 2.04. The van der Waals surface area contributed by atoms with Crippen molar-refractivity contribution in [1.82, 2.24) is 9.97 Å². The fourth-order valence-electron chi connectivity index (χ4n) is 2.33. The van der Waals surface area contributed by atoms with Gasteiger partial charge in [0.15, 0.2) is 0 Å². The van der Waals surface area contributed by atoms with Crippen molar-refractivity contribution >= 4 is 34.7 Å². The van der Waals surface area contributed by atoms with Gasteiger partial charge in [-0.2, -0.15) is 4.98 Å². The van der Waals surface area contributed by atoms with Crippen LogP contribution in [0, 0.1) is 6.92 Å². The molecule has 6 heteroatoms. The van der Waals surface area contributed by atoms with E-state index in [0.29, 0.717) is 16.8 Å². The Morgan fingerprint density at radius 3 is 2.38 bits per heavy atom. The number of anilines is 4. The van der Waals surface area contributed by atoms with Crippen molar-refractivity contribution in [2.45, 2.75) is 26.9 Å². The highest BCUT2D eigenvalue weighted by atomic mass is 35.5. The van der Waals surface area contributed by atoms with Gasteiger partial charge in [0.2, 0.25) is 5.95 Å². The zero-order valence-corrected chi connectivity index (χ0v) is 15.7. The lowest BCUT2D eigenvalue weighted by atomic mass is 10.2. The lowest BCUT2D eigenvalue weighted by molar-refractivity contribution is 0.242. The number of rotatable bonds is 6. The zero-order chi connectivity index (χ0) is 18.5. The number of aryl methyl sites for hydroxylation is 1. The van der Waals surface area contributed by atoms with Crippen LogP contribution in [0.4, 0.5) is 23.1 Å². The summed E-state index contributed by atoms with van der Waals surface area (Å²) in [6.45, 7) is 5.97. The molecule has 0 spiro atoms. The number of benzene rings is 2. The van der Waals surface area contributed by atoms with Crippen LogP contribution in [0.1, 0.15) is 19.4 Å². The van der Waals surface area contributed by atoms with Gasteiger partial charge in [0.25, 0.3) is 0 Å². The molecule has 5 nitrogen and oxygen atoms in total. The molecule has 3 rings (SSSR count). The van der Waals surface area contributed by atoms with Crippen molar-refractivity contribution < 1.29 is 4.74 Å². The fourth-order valence-corrected chi connectivity index (χ4v) is 2.51. The van der Waals surface area contributed by atoms with Crippen LogP contribution < -0.4 is 15.4 Å². The van der Waals surface area contributed by atoms with Crippen LogP contribution in [0.5, 0.6) is 5.75 Å². The van der Waals surface area contributed by atoms with Crippen LogP contribution in [0.25, 0.3) is 0 Å². The predicted octanol–water partition coefficient (Wildman–Crippen LogP) is 5.71. The molecule has 0 bridgehead atoms. The number of nitrogens with zero attached hydrogens (tertiary/aromatic N) is 2. The van der Waals surface area contributed by atoms with Crippen molar-refractivity contribution in [1.29, 1.82) is 0 Å². The number of nitrogens with one attached hydrogen (secondary N) is 2. The molecule has 0 radical (unpaired) electrons. The molecule has 0 aliphatic carbocycles. The Labute approximate surface area is 158 Å². The minimum absolute atomic E-state index is 0.148. The predicted molar refractivity (Wildman–Crippen MR) is 107 cm³/mol. The molecule has 2 aromatic carbocycles. The largest absolute Gasteiger partial charge is 0.491 e. The number of hydrogen-bond donors (Lipinski definition) is 2. The molecule has 0 aliphatic heterocycles. The van der Waals surface area contributed by atoms with E-state index in [1.54, 1.807) is 12.3 Å². The van der Waals surface area contributed by atoms with E-state index in [2.05, 4.69) is 20.6 Å². The summed E-state index contributed by atoms with van der Waals surface area (Å²) in [5.41, 5.74) is 2.80. The maximum atomic E-state index is 6.17. The summed E-state index contributed by atoms with van der Waals surface area (Å²) in [6, 6.07) is 15.3. The van der Waals surface area contributed by atoms with Gasteiger partial charge >= 0.3 is 0 Å². The number of aromatic nitrogens is 2. The number of ether oxygens (including phenoxy) is 1. The molecule has 26 heavy (non-hydrogen) atoms. The lowest BCUT2D eigenvalue weighted by Crippen LogP contribution is -2.05. The lowest BCUT2D eigenvalue weighted by Gasteiger charge is -2.11. The van der Waals surface area contributed by atoms with E-state index in [1.165, 1.54) is 0 Å². The first-order valence-electron chi connectivity index (χ1n) is 8.39. The second kappa shape index (κ2) is 8.06. The van der Waals surface area contributed by atoms with E-state index >= 15 is 0 Å². The molecular weight excluding hydrogens is 348 g/mol. The van der Waals surface area contributed by atoms with Crippen molar-refractivity contribution in [3.05, 3.63) is 65.3 Å². The SMILES string of the molecule is Cc1ccc(Nc2ccnc(Nc3ccc(OC(C)C)cc3)n2)cc1Cl. The minimum Gasteiger partial charge on any atom is -0.491 e. The maximum absolute atomic E-state index is 6.17. The highest BCUT2D eigenvalue weighted by Crippen LogP contribution is 2.23. The molecule has 0 saturated heterocycles. The van der Waals surface area contributed by atoms with Gasteiger partial charge < -0.3 is 15.4 Å². The first-order valence-corrected chi connectivity index (χ1v) is 8.77. The zero-order valence-electron chi connectivity index (χ0n) is 15.0. The van der Waals surface area contributed by atoms with Gasteiger partial charge in [-0.25, -0.2) is 4.98 Å². The molecule has 0 fully saturated rings. The molecule has 0 unspecified atom stereocenters. The van der Waals surface area contributed by atoms with E-state index in [4.69, 9.17) is 16.3 Å². The molecule has 1 aromatic heterocycles. The molecule has 1 heterocycles. The Bertz CT molecular complexity index is 881. The Hall–Kier alpha value is -2.79. The van der Waals surface area contributed by atoms with E-state index in [1.807, 2.05) is 63.2 Å². The van der Waals surface area contributed by atoms with E-state index in [9.17, 15) is 0 Å². The van der Waals surface area contributed by atoms with Crippen LogP contribution in [0.3, 0.4) is 0 Å². The molecule has 2 N–H and O–H groups in total. The third kappa shape index (κ3) is 4.86. The second-order valence-corrected chi connectivity index (χ2v) is 6.58. The smallest absolute Gasteiger partial charge is 0.229 e. The minimum atomic E-state index is 0.148. The van der Waals surface area contributed by atoms with E-state index in [-0.39, 0.29) is 6.10 Å². The standard InChI is InChI=1S/C20H21ClN4O/c1-13(2)26-17-8-6-15(7-9-17)24-20-22-11-10-19(25-20)23-16-5-4-14(3)18(21)12-16/h4-13H,1-3H3,(H2,22,23,24,25). The molecule has 0 saturated carbocycles. The van der Waals surface area contributed by atoms with Gasteiger partial charge in [-0.15, -0.1) is 0 Å². The molecule has 0 aliphatic rings.